The van der Waals surface area contributed by atoms with E-state index in [4.69, 9.17) is 16.0 Å². The molecule has 2 aromatic heterocycles. The van der Waals surface area contributed by atoms with Crippen molar-refractivity contribution >= 4 is 11.6 Å². The van der Waals surface area contributed by atoms with E-state index in [9.17, 15) is 4.79 Å². The number of hydrogen-bond acceptors (Lipinski definition) is 4. The molecule has 0 amide bonds. The van der Waals surface area contributed by atoms with E-state index in [0.29, 0.717) is 10.7 Å². The third kappa shape index (κ3) is 1.54. The van der Waals surface area contributed by atoms with Gasteiger partial charge in [-0.3, -0.25) is 0 Å². The second-order valence-electron chi connectivity index (χ2n) is 2.66. The van der Waals surface area contributed by atoms with Gasteiger partial charge in [-0.1, -0.05) is 11.6 Å². The summed E-state index contributed by atoms with van der Waals surface area (Å²) < 4.78 is 5.98. The summed E-state index contributed by atoms with van der Waals surface area (Å²) in [6.07, 6.45) is 1.52. The van der Waals surface area contributed by atoms with Gasteiger partial charge in [0.05, 0.1) is 0 Å². The minimum Gasteiger partial charge on any atom is -0.388 e. The maximum absolute atomic E-state index is 11.0. The van der Waals surface area contributed by atoms with Gasteiger partial charge in [0.25, 0.3) is 0 Å². The van der Waals surface area contributed by atoms with E-state index in [-0.39, 0.29) is 5.89 Å². The Morgan fingerprint density at radius 3 is 2.93 bits per heavy atom. The van der Waals surface area contributed by atoms with Crippen LogP contribution in [-0.2, 0) is 7.05 Å². The zero-order valence-corrected chi connectivity index (χ0v) is 8.02. The third-order valence-corrected chi connectivity index (χ3v) is 1.87. The number of hydrogen-bond donors (Lipinski definition) is 0. The van der Waals surface area contributed by atoms with Gasteiger partial charge in [-0.25, -0.2) is 9.78 Å². The van der Waals surface area contributed by atoms with Crippen LogP contribution in [-0.4, -0.2) is 14.8 Å². The Morgan fingerprint density at radius 2 is 2.36 bits per heavy atom. The zero-order chi connectivity index (χ0) is 10.1. The average molecular weight is 212 g/mol. The number of rotatable bonds is 1. The summed E-state index contributed by atoms with van der Waals surface area (Å²) in [5.74, 6) is -0.269. The van der Waals surface area contributed by atoms with Crippen LogP contribution in [0.2, 0.25) is 5.15 Å². The number of halogens is 1. The van der Waals surface area contributed by atoms with Crippen molar-refractivity contribution in [2.45, 2.75) is 0 Å². The molecule has 0 fully saturated rings. The average Bonchev–Trinajstić information content (AvgIpc) is 2.47. The van der Waals surface area contributed by atoms with E-state index in [1.807, 2.05) is 0 Å². The van der Waals surface area contributed by atoms with E-state index < -0.39 is 5.76 Å². The van der Waals surface area contributed by atoms with Gasteiger partial charge < -0.3 is 4.42 Å². The van der Waals surface area contributed by atoms with Crippen molar-refractivity contribution in [1.29, 1.82) is 0 Å². The lowest BCUT2D eigenvalue weighted by Gasteiger charge is -1.92. The first-order chi connectivity index (χ1) is 6.66. The second kappa shape index (κ2) is 3.26. The first-order valence-corrected chi connectivity index (χ1v) is 4.20. The summed E-state index contributed by atoms with van der Waals surface area (Å²) in [6.45, 7) is 0. The van der Waals surface area contributed by atoms with Crippen LogP contribution >= 0.6 is 11.6 Å². The molecule has 0 saturated heterocycles. The van der Waals surface area contributed by atoms with Crippen LogP contribution in [0.25, 0.3) is 11.5 Å². The lowest BCUT2D eigenvalue weighted by atomic mass is 10.3. The Labute approximate surface area is 83.9 Å². The summed E-state index contributed by atoms with van der Waals surface area (Å²) in [5.41, 5.74) is 0.628. The molecular weight excluding hydrogens is 206 g/mol. The van der Waals surface area contributed by atoms with E-state index >= 15 is 0 Å². The summed E-state index contributed by atoms with van der Waals surface area (Å²) >= 11 is 5.68. The highest BCUT2D eigenvalue weighted by Gasteiger charge is 2.07. The Kier molecular flexibility index (Phi) is 2.09. The molecule has 14 heavy (non-hydrogen) atoms. The van der Waals surface area contributed by atoms with Gasteiger partial charge >= 0.3 is 5.76 Å². The summed E-state index contributed by atoms with van der Waals surface area (Å²) in [4.78, 5) is 14.8. The van der Waals surface area contributed by atoms with Gasteiger partial charge in [-0.15, -0.1) is 5.10 Å². The van der Waals surface area contributed by atoms with Crippen molar-refractivity contribution in [1.82, 2.24) is 14.8 Å². The van der Waals surface area contributed by atoms with E-state index in [0.717, 1.165) is 4.68 Å². The van der Waals surface area contributed by atoms with Crippen molar-refractivity contribution in [2.24, 2.45) is 7.05 Å². The predicted octanol–water partition coefficient (Wildman–Crippen LogP) is 1.09. The number of aromatic nitrogens is 3. The summed E-state index contributed by atoms with van der Waals surface area (Å²) in [6, 6.07) is 3.24. The molecule has 0 aliphatic carbocycles. The fourth-order valence-electron chi connectivity index (χ4n) is 0.998. The smallest absolute Gasteiger partial charge is 0.388 e. The Bertz CT molecular complexity index is 517. The van der Waals surface area contributed by atoms with E-state index in [1.54, 1.807) is 12.1 Å². The monoisotopic (exact) mass is 211 g/mol. The van der Waals surface area contributed by atoms with Crippen molar-refractivity contribution in [3.05, 3.63) is 34.0 Å². The molecule has 0 aliphatic rings. The molecule has 2 rings (SSSR count). The molecule has 0 aliphatic heterocycles. The molecule has 6 heteroatoms. The Balaban J connectivity index is 2.54. The quantitative estimate of drug-likeness (QED) is 0.663. The lowest BCUT2D eigenvalue weighted by Crippen LogP contribution is -2.09. The number of pyridine rings is 1. The van der Waals surface area contributed by atoms with E-state index in [2.05, 4.69) is 10.1 Å². The Hall–Kier alpha value is -1.62. The first-order valence-electron chi connectivity index (χ1n) is 3.83. The van der Waals surface area contributed by atoms with Crippen molar-refractivity contribution in [3.63, 3.8) is 0 Å². The minimum absolute atomic E-state index is 0.238. The largest absolute Gasteiger partial charge is 0.437 e. The summed E-state index contributed by atoms with van der Waals surface area (Å²) in [7, 11) is 1.51. The van der Waals surface area contributed by atoms with Crippen LogP contribution in [0.5, 0.6) is 0 Å². The van der Waals surface area contributed by atoms with Gasteiger partial charge in [-0.2, -0.15) is 4.68 Å². The van der Waals surface area contributed by atoms with Crippen molar-refractivity contribution < 1.29 is 4.42 Å². The van der Waals surface area contributed by atoms with Gasteiger partial charge in [0.2, 0.25) is 5.89 Å². The molecule has 0 unspecified atom stereocenters. The fourth-order valence-corrected chi connectivity index (χ4v) is 1.17. The molecule has 0 N–H and O–H groups in total. The number of nitrogens with zero attached hydrogens (tertiary/aromatic N) is 3. The molecule has 5 nitrogen and oxygen atoms in total. The van der Waals surface area contributed by atoms with Crippen LogP contribution in [0.15, 0.2) is 27.5 Å². The first kappa shape index (κ1) is 8.96. The molecule has 0 saturated carbocycles. The maximum Gasteiger partial charge on any atom is 0.437 e. The summed E-state index contributed by atoms with van der Waals surface area (Å²) in [5, 5.41) is 4.20. The number of aryl methyl sites for hydroxylation is 1. The van der Waals surface area contributed by atoms with Crippen molar-refractivity contribution in [3.8, 4) is 11.5 Å². The standard InChI is InChI=1S/C8H6ClN3O2/c1-12-8(13)14-7(11-12)5-2-3-10-6(9)4-5/h2-4H,1H3. The normalized spacial score (nSPS) is 10.4. The predicted molar refractivity (Wildman–Crippen MR) is 50.0 cm³/mol. The second-order valence-corrected chi connectivity index (χ2v) is 3.05. The van der Waals surface area contributed by atoms with Crippen LogP contribution in [0, 0.1) is 0 Å². The fraction of sp³-hybridized carbons (Fsp3) is 0.125. The zero-order valence-electron chi connectivity index (χ0n) is 7.27. The highest BCUT2D eigenvalue weighted by Crippen LogP contribution is 2.17. The van der Waals surface area contributed by atoms with Gasteiger partial charge in [0.15, 0.2) is 0 Å². The molecule has 0 bridgehead atoms. The molecule has 0 aromatic carbocycles. The van der Waals surface area contributed by atoms with Gasteiger partial charge in [0, 0.05) is 18.8 Å². The SMILES string of the molecule is Cn1nc(-c2ccnc(Cl)c2)oc1=O. The molecule has 72 valence electrons. The molecule has 2 heterocycles. The van der Waals surface area contributed by atoms with E-state index in [1.165, 1.54) is 13.2 Å². The Morgan fingerprint density at radius 1 is 1.57 bits per heavy atom. The van der Waals surface area contributed by atoms with Crippen LogP contribution in [0.4, 0.5) is 0 Å². The molecule has 0 spiro atoms. The minimum atomic E-state index is -0.507. The van der Waals surface area contributed by atoms with Crippen LogP contribution in [0.3, 0.4) is 0 Å². The van der Waals surface area contributed by atoms with Crippen molar-refractivity contribution in [2.75, 3.05) is 0 Å². The maximum atomic E-state index is 11.0. The highest BCUT2D eigenvalue weighted by molar-refractivity contribution is 6.29. The highest BCUT2D eigenvalue weighted by atomic mass is 35.5. The molecular formula is C8H6ClN3O2. The van der Waals surface area contributed by atoms with Crippen LogP contribution in [0.1, 0.15) is 0 Å². The third-order valence-electron chi connectivity index (χ3n) is 1.66. The molecule has 0 radical (unpaired) electrons. The van der Waals surface area contributed by atoms with Crippen LogP contribution < -0.4 is 5.76 Å². The lowest BCUT2D eigenvalue weighted by molar-refractivity contribution is 0.505. The van der Waals surface area contributed by atoms with Gasteiger partial charge in [-0.05, 0) is 12.1 Å². The molecule has 2 aromatic rings. The van der Waals surface area contributed by atoms with Gasteiger partial charge in [0.1, 0.15) is 5.15 Å². The topological polar surface area (TPSA) is 60.9 Å². The molecule has 0 atom stereocenters.